The van der Waals surface area contributed by atoms with Crippen LogP contribution in [0, 0.1) is 0 Å². The SMILES string of the molecule is CCC(c1nc(Cc2ccccc2Br)no1)C(C)NC. The first-order chi connectivity index (χ1) is 9.65. The minimum absolute atomic E-state index is 0.250. The van der Waals surface area contributed by atoms with Gasteiger partial charge in [0.1, 0.15) is 0 Å². The molecule has 1 heterocycles. The number of benzene rings is 1. The highest BCUT2D eigenvalue weighted by Crippen LogP contribution is 2.23. The number of rotatable bonds is 6. The summed E-state index contributed by atoms with van der Waals surface area (Å²) in [5.41, 5.74) is 1.16. The van der Waals surface area contributed by atoms with Crippen LogP contribution in [0.1, 0.15) is 43.5 Å². The molecule has 0 radical (unpaired) electrons. The third kappa shape index (κ3) is 3.46. The van der Waals surface area contributed by atoms with Gasteiger partial charge < -0.3 is 9.84 Å². The molecule has 0 aliphatic rings. The van der Waals surface area contributed by atoms with E-state index in [-0.39, 0.29) is 5.92 Å². The number of hydrogen-bond acceptors (Lipinski definition) is 4. The zero-order chi connectivity index (χ0) is 14.5. The summed E-state index contributed by atoms with van der Waals surface area (Å²) in [6, 6.07) is 8.41. The van der Waals surface area contributed by atoms with E-state index in [9.17, 15) is 0 Å². The largest absolute Gasteiger partial charge is 0.339 e. The second-order valence-electron chi connectivity index (χ2n) is 4.91. The van der Waals surface area contributed by atoms with E-state index in [4.69, 9.17) is 4.52 Å². The second-order valence-corrected chi connectivity index (χ2v) is 5.76. The lowest BCUT2D eigenvalue weighted by molar-refractivity contribution is 0.320. The Morgan fingerprint density at radius 1 is 1.35 bits per heavy atom. The van der Waals surface area contributed by atoms with E-state index in [1.54, 1.807) is 0 Å². The molecule has 0 amide bonds. The normalized spacial score (nSPS) is 14.2. The first-order valence-electron chi connectivity index (χ1n) is 6.88. The third-order valence-electron chi connectivity index (χ3n) is 3.61. The highest BCUT2D eigenvalue weighted by molar-refractivity contribution is 9.10. The zero-order valence-electron chi connectivity index (χ0n) is 12.1. The molecule has 1 aromatic carbocycles. The summed E-state index contributed by atoms with van der Waals surface area (Å²) in [5.74, 6) is 1.70. The summed E-state index contributed by atoms with van der Waals surface area (Å²) in [5, 5.41) is 7.35. The highest BCUT2D eigenvalue weighted by Gasteiger charge is 2.22. The van der Waals surface area contributed by atoms with Gasteiger partial charge in [0.05, 0.1) is 5.92 Å². The molecule has 1 N–H and O–H groups in total. The maximum atomic E-state index is 5.44. The third-order valence-corrected chi connectivity index (χ3v) is 4.38. The van der Waals surface area contributed by atoms with Crippen molar-refractivity contribution in [3.63, 3.8) is 0 Å². The molecule has 108 valence electrons. The molecule has 2 aromatic rings. The standard InChI is InChI=1S/C15H20BrN3O/c1-4-12(10(2)17-3)15-18-14(19-20-15)9-11-7-5-6-8-13(11)16/h5-8,10,12,17H,4,9H2,1-3H3. The van der Waals surface area contributed by atoms with Gasteiger partial charge in [0.2, 0.25) is 5.89 Å². The summed E-state index contributed by atoms with van der Waals surface area (Å²) in [4.78, 5) is 4.55. The van der Waals surface area contributed by atoms with Crippen LogP contribution in [0.4, 0.5) is 0 Å². The summed E-state index contributed by atoms with van der Waals surface area (Å²) in [6.45, 7) is 4.27. The lowest BCUT2D eigenvalue weighted by Crippen LogP contribution is -2.28. The maximum Gasteiger partial charge on any atom is 0.231 e. The maximum absolute atomic E-state index is 5.44. The van der Waals surface area contributed by atoms with Gasteiger partial charge in [-0.3, -0.25) is 0 Å². The predicted octanol–water partition coefficient (Wildman–Crippen LogP) is 3.52. The van der Waals surface area contributed by atoms with Crippen molar-refractivity contribution in [2.75, 3.05) is 7.05 Å². The van der Waals surface area contributed by atoms with Crippen LogP contribution < -0.4 is 5.32 Å². The fourth-order valence-corrected chi connectivity index (χ4v) is 2.67. The van der Waals surface area contributed by atoms with Crippen molar-refractivity contribution in [1.82, 2.24) is 15.5 Å². The molecular formula is C15H20BrN3O. The number of aromatic nitrogens is 2. The van der Waals surface area contributed by atoms with E-state index in [1.165, 1.54) is 0 Å². The molecule has 2 rings (SSSR count). The zero-order valence-corrected chi connectivity index (χ0v) is 13.6. The van der Waals surface area contributed by atoms with Crippen LogP contribution in [-0.4, -0.2) is 23.2 Å². The van der Waals surface area contributed by atoms with Gasteiger partial charge in [-0.15, -0.1) is 0 Å². The number of halogens is 1. The molecule has 1 aromatic heterocycles. The smallest absolute Gasteiger partial charge is 0.231 e. The van der Waals surface area contributed by atoms with Crippen molar-refractivity contribution >= 4 is 15.9 Å². The van der Waals surface area contributed by atoms with Gasteiger partial charge >= 0.3 is 0 Å². The Bertz CT molecular complexity index is 556. The van der Waals surface area contributed by atoms with E-state index in [0.29, 0.717) is 12.5 Å². The summed E-state index contributed by atoms with van der Waals surface area (Å²) in [6.07, 6.45) is 1.65. The Hall–Kier alpha value is -1.20. The van der Waals surface area contributed by atoms with Crippen LogP contribution in [0.2, 0.25) is 0 Å². The lowest BCUT2D eigenvalue weighted by Gasteiger charge is -2.17. The van der Waals surface area contributed by atoms with Crippen molar-refractivity contribution in [3.05, 3.63) is 46.0 Å². The second kappa shape index (κ2) is 6.99. The molecule has 0 aliphatic carbocycles. The Balaban J connectivity index is 2.15. The Kier molecular flexibility index (Phi) is 5.31. The molecule has 0 aliphatic heterocycles. The average molecular weight is 338 g/mol. The van der Waals surface area contributed by atoms with Gasteiger partial charge in [0.25, 0.3) is 0 Å². The average Bonchev–Trinajstić information content (AvgIpc) is 2.90. The molecule has 4 nitrogen and oxygen atoms in total. The van der Waals surface area contributed by atoms with Gasteiger partial charge in [-0.25, -0.2) is 0 Å². The van der Waals surface area contributed by atoms with E-state index in [2.05, 4.69) is 51.3 Å². The van der Waals surface area contributed by atoms with E-state index in [0.717, 1.165) is 28.2 Å². The van der Waals surface area contributed by atoms with Gasteiger partial charge in [-0.1, -0.05) is 46.2 Å². The van der Waals surface area contributed by atoms with E-state index in [1.807, 2.05) is 25.2 Å². The minimum Gasteiger partial charge on any atom is -0.339 e. The Morgan fingerprint density at radius 2 is 2.10 bits per heavy atom. The number of nitrogens with zero attached hydrogens (tertiary/aromatic N) is 2. The van der Waals surface area contributed by atoms with Crippen LogP contribution in [0.15, 0.2) is 33.3 Å². The van der Waals surface area contributed by atoms with Crippen molar-refractivity contribution in [3.8, 4) is 0 Å². The molecule has 0 bridgehead atoms. The van der Waals surface area contributed by atoms with Crippen molar-refractivity contribution < 1.29 is 4.52 Å². The quantitative estimate of drug-likeness (QED) is 0.876. The monoisotopic (exact) mass is 337 g/mol. The van der Waals surface area contributed by atoms with E-state index < -0.39 is 0 Å². The van der Waals surface area contributed by atoms with Gasteiger partial charge in [-0.05, 0) is 32.0 Å². The summed E-state index contributed by atoms with van der Waals surface area (Å²) in [7, 11) is 1.95. The van der Waals surface area contributed by atoms with Gasteiger partial charge in [-0.2, -0.15) is 4.98 Å². The first kappa shape index (κ1) is 15.2. The van der Waals surface area contributed by atoms with Crippen molar-refractivity contribution in [2.24, 2.45) is 0 Å². The summed E-state index contributed by atoms with van der Waals surface area (Å²) < 4.78 is 6.51. The minimum atomic E-state index is 0.250. The fourth-order valence-electron chi connectivity index (χ4n) is 2.25. The molecule has 0 fully saturated rings. The molecule has 20 heavy (non-hydrogen) atoms. The van der Waals surface area contributed by atoms with Crippen molar-refractivity contribution in [1.29, 1.82) is 0 Å². The highest BCUT2D eigenvalue weighted by atomic mass is 79.9. The lowest BCUT2D eigenvalue weighted by atomic mass is 9.98. The molecule has 2 atom stereocenters. The fraction of sp³-hybridized carbons (Fsp3) is 0.467. The van der Waals surface area contributed by atoms with Gasteiger partial charge in [0.15, 0.2) is 5.82 Å². The molecule has 5 heteroatoms. The molecule has 0 saturated carbocycles. The van der Waals surface area contributed by atoms with Crippen LogP contribution in [0.25, 0.3) is 0 Å². The predicted molar refractivity (Wildman–Crippen MR) is 82.8 cm³/mol. The molecule has 0 saturated heterocycles. The van der Waals surface area contributed by atoms with Crippen LogP contribution >= 0.6 is 15.9 Å². The molecule has 0 spiro atoms. The number of nitrogens with one attached hydrogen (secondary N) is 1. The summed E-state index contributed by atoms with van der Waals surface area (Å²) >= 11 is 3.54. The number of likely N-dealkylation sites (N-methyl/N-ethyl adjacent to an activating group) is 1. The van der Waals surface area contributed by atoms with Crippen LogP contribution in [0.5, 0.6) is 0 Å². The number of hydrogen-bond donors (Lipinski definition) is 1. The topological polar surface area (TPSA) is 51.0 Å². The Labute approximate surface area is 128 Å². The van der Waals surface area contributed by atoms with Crippen LogP contribution in [-0.2, 0) is 6.42 Å². The van der Waals surface area contributed by atoms with Crippen molar-refractivity contribution in [2.45, 2.75) is 38.6 Å². The molecular weight excluding hydrogens is 318 g/mol. The van der Waals surface area contributed by atoms with Crippen LogP contribution in [0.3, 0.4) is 0 Å². The first-order valence-corrected chi connectivity index (χ1v) is 7.68. The van der Waals surface area contributed by atoms with Gasteiger partial charge in [0, 0.05) is 16.9 Å². The molecule has 2 unspecified atom stereocenters. The van der Waals surface area contributed by atoms with E-state index >= 15 is 0 Å². The Morgan fingerprint density at radius 3 is 2.75 bits per heavy atom.